The van der Waals surface area contributed by atoms with Gasteiger partial charge in [-0.15, -0.1) is 0 Å². The summed E-state index contributed by atoms with van der Waals surface area (Å²) in [6, 6.07) is 25.0. The number of pyridine rings is 1. The molecule has 0 saturated heterocycles. The quantitative estimate of drug-likeness (QED) is 0.197. The van der Waals surface area contributed by atoms with Crippen LogP contribution in [-0.4, -0.2) is 27.6 Å². The molecule has 7 heteroatoms. The molecule has 188 valence electrons. The predicted octanol–water partition coefficient (Wildman–Crippen LogP) is 7.92. The normalized spacial score (nSPS) is 11.1. The number of carbonyl (C=O) groups is 1. The maximum absolute atomic E-state index is 11.8. The van der Waals surface area contributed by atoms with Gasteiger partial charge < -0.3 is 9.30 Å². The highest BCUT2D eigenvalue weighted by Gasteiger charge is 2.12. The lowest BCUT2D eigenvalue weighted by Gasteiger charge is -2.07. The van der Waals surface area contributed by atoms with E-state index in [0.29, 0.717) is 22.2 Å². The number of rotatable bonds is 7. The van der Waals surface area contributed by atoms with Crippen LogP contribution in [0.1, 0.15) is 27.3 Å². The summed E-state index contributed by atoms with van der Waals surface area (Å²) in [6.07, 6.45) is 9.59. The molecule has 0 amide bonds. The second-order valence-electron chi connectivity index (χ2n) is 8.62. The largest absolute Gasteiger partial charge is 0.465 e. The molecule has 0 radical (unpaired) electrons. The van der Waals surface area contributed by atoms with Gasteiger partial charge in [0.2, 0.25) is 0 Å². The van der Waals surface area contributed by atoms with Crippen molar-refractivity contribution in [3.05, 3.63) is 130 Å². The fourth-order valence-corrected chi connectivity index (χ4v) is 4.57. The van der Waals surface area contributed by atoms with E-state index in [1.54, 1.807) is 30.5 Å². The Labute approximate surface area is 231 Å². The average molecular weight is 540 g/mol. The van der Waals surface area contributed by atoms with E-state index >= 15 is 0 Å². The number of imidazole rings is 1. The van der Waals surface area contributed by atoms with Gasteiger partial charge in [0.25, 0.3) is 0 Å². The number of ether oxygens (including phenoxy) is 1. The van der Waals surface area contributed by atoms with E-state index in [1.807, 2.05) is 59.4 Å². The molecule has 0 N–H and O–H groups in total. The molecule has 0 spiro atoms. The summed E-state index contributed by atoms with van der Waals surface area (Å²) < 4.78 is 6.85. The summed E-state index contributed by atoms with van der Waals surface area (Å²) in [5, 5.41) is 1.10. The van der Waals surface area contributed by atoms with Crippen molar-refractivity contribution in [2.45, 2.75) is 6.54 Å². The summed E-state index contributed by atoms with van der Waals surface area (Å²) in [7, 11) is 1.37. The fraction of sp³-hybridized carbons (Fsp3) is 0.0645. The molecule has 5 nitrogen and oxygen atoms in total. The number of benzene rings is 3. The fourth-order valence-electron chi connectivity index (χ4n) is 4.07. The van der Waals surface area contributed by atoms with Crippen LogP contribution in [0.3, 0.4) is 0 Å². The van der Waals surface area contributed by atoms with Crippen molar-refractivity contribution in [3.63, 3.8) is 0 Å². The lowest BCUT2D eigenvalue weighted by Crippen LogP contribution is -2.03. The zero-order chi connectivity index (χ0) is 26.5. The smallest absolute Gasteiger partial charge is 0.337 e. The van der Waals surface area contributed by atoms with Crippen molar-refractivity contribution in [1.82, 2.24) is 14.5 Å². The molecule has 5 aromatic rings. The number of hydrogen-bond acceptors (Lipinski definition) is 4. The molecule has 2 heterocycles. The third-order valence-corrected chi connectivity index (χ3v) is 6.62. The van der Waals surface area contributed by atoms with Crippen LogP contribution in [0.2, 0.25) is 10.0 Å². The molecule has 0 aliphatic heterocycles. The molecule has 0 aliphatic rings. The van der Waals surface area contributed by atoms with Gasteiger partial charge >= 0.3 is 5.97 Å². The molecule has 38 heavy (non-hydrogen) atoms. The Hall–Kier alpha value is -4.19. The highest BCUT2D eigenvalue weighted by atomic mass is 35.5. The van der Waals surface area contributed by atoms with Crippen molar-refractivity contribution in [2.75, 3.05) is 7.11 Å². The Balaban J connectivity index is 1.45. The van der Waals surface area contributed by atoms with Crippen molar-refractivity contribution in [2.24, 2.45) is 0 Å². The van der Waals surface area contributed by atoms with Crippen molar-refractivity contribution in [1.29, 1.82) is 0 Å². The molecule has 0 aliphatic carbocycles. The number of methoxy groups -OCH3 is 1. The van der Waals surface area contributed by atoms with Gasteiger partial charge in [-0.05, 0) is 64.7 Å². The number of esters is 1. The average Bonchev–Trinajstić information content (AvgIpc) is 3.34. The molecule has 0 unspecified atom stereocenters. The minimum Gasteiger partial charge on any atom is -0.465 e. The van der Waals surface area contributed by atoms with Crippen LogP contribution in [0.4, 0.5) is 0 Å². The van der Waals surface area contributed by atoms with Crippen LogP contribution in [0.25, 0.3) is 34.5 Å². The van der Waals surface area contributed by atoms with Gasteiger partial charge in [0.1, 0.15) is 5.82 Å². The van der Waals surface area contributed by atoms with E-state index < -0.39 is 0 Å². The second-order valence-corrected chi connectivity index (χ2v) is 9.47. The predicted molar refractivity (Wildman–Crippen MR) is 153 cm³/mol. The van der Waals surface area contributed by atoms with E-state index in [-0.39, 0.29) is 5.97 Å². The van der Waals surface area contributed by atoms with E-state index in [2.05, 4.69) is 29.2 Å². The van der Waals surface area contributed by atoms with Crippen LogP contribution >= 0.6 is 23.2 Å². The van der Waals surface area contributed by atoms with E-state index in [9.17, 15) is 4.79 Å². The maximum atomic E-state index is 11.8. The highest BCUT2D eigenvalue weighted by Crippen LogP contribution is 2.30. The topological polar surface area (TPSA) is 57.0 Å². The molecule has 0 fully saturated rings. The van der Waals surface area contributed by atoms with Crippen LogP contribution in [0.15, 0.2) is 97.5 Å². The summed E-state index contributed by atoms with van der Waals surface area (Å²) in [6.45, 7) is 0.555. The van der Waals surface area contributed by atoms with Crippen molar-refractivity contribution >= 4 is 41.3 Å². The van der Waals surface area contributed by atoms with Gasteiger partial charge in [-0.25, -0.2) is 9.78 Å². The molecule has 0 bridgehead atoms. The van der Waals surface area contributed by atoms with Gasteiger partial charge in [-0.3, -0.25) is 4.98 Å². The van der Waals surface area contributed by atoms with Crippen molar-refractivity contribution < 1.29 is 9.53 Å². The number of halogens is 2. The van der Waals surface area contributed by atoms with Gasteiger partial charge in [0, 0.05) is 35.7 Å². The van der Waals surface area contributed by atoms with E-state index in [0.717, 1.165) is 39.3 Å². The Morgan fingerprint density at radius 3 is 2.42 bits per heavy atom. The van der Waals surface area contributed by atoms with Crippen LogP contribution < -0.4 is 0 Å². The lowest BCUT2D eigenvalue weighted by atomic mass is 10.1. The Bertz CT molecular complexity index is 1590. The summed E-state index contributed by atoms with van der Waals surface area (Å²) >= 11 is 12.6. The number of hydrogen-bond donors (Lipinski definition) is 0. The molecule has 0 atom stereocenters. The molecule has 3 aromatic carbocycles. The van der Waals surface area contributed by atoms with E-state index in [1.165, 1.54) is 7.11 Å². The summed E-state index contributed by atoms with van der Waals surface area (Å²) in [5.41, 5.74) is 6.27. The highest BCUT2D eigenvalue weighted by molar-refractivity contribution is 6.36. The number of nitrogens with zero attached hydrogens (tertiary/aromatic N) is 3. The Morgan fingerprint density at radius 1 is 0.947 bits per heavy atom. The first-order valence-corrected chi connectivity index (χ1v) is 12.6. The Kier molecular flexibility index (Phi) is 7.68. The first-order valence-electron chi connectivity index (χ1n) is 11.9. The minimum atomic E-state index is -0.364. The van der Waals surface area contributed by atoms with Crippen LogP contribution in [0, 0.1) is 0 Å². The summed E-state index contributed by atoms with van der Waals surface area (Å²) in [4.78, 5) is 20.9. The molecular weight excluding hydrogens is 517 g/mol. The van der Waals surface area contributed by atoms with Crippen LogP contribution in [0.5, 0.6) is 0 Å². The SMILES string of the molecule is COC(=O)c1ccc(Cn2cc(-c3ccc(Cl)cc3Cl)nc2/C=C/c2ccc(-c3cccnc3)cc2)cc1. The third-order valence-electron chi connectivity index (χ3n) is 6.07. The maximum Gasteiger partial charge on any atom is 0.337 e. The third kappa shape index (κ3) is 5.86. The van der Waals surface area contributed by atoms with Gasteiger partial charge in [-0.1, -0.05) is 71.7 Å². The van der Waals surface area contributed by atoms with Gasteiger partial charge in [-0.2, -0.15) is 0 Å². The molecule has 5 rings (SSSR count). The summed E-state index contributed by atoms with van der Waals surface area (Å²) in [5.74, 6) is 0.399. The minimum absolute atomic E-state index is 0.364. The van der Waals surface area contributed by atoms with Crippen molar-refractivity contribution in [3.8, 4) is 22.4 Å². The molecular formula is C31H23Cl2N3O2. The zero-order valence-electron chi connectivity index (χ0n) is 20.5. The number of aromatic nitrogens is 3. The number of carbonyl (C=O) groups excluding carboxylic acids is 1. The monoisotopic (exact) mass is 539 g/mol. The lowest BCUT2D eigenvalue weighted by molar-refractivity contribution is 0.0600. The van der Waals surface area contributed by atoms with Crippen LogP contribution in [-0.2, 0) is 11.3 Å². The molecule has 2 aromatic heterocycles. The van der Waals surface area contributed by atoms with Gasteiger partial charge in [0.05, 0.1) is 23.4 Å². The molecule has 0 saturated carbocycles. The second kappa shape index (κ2) is 11.5. The zero-order valence-corrected chi connectivity index (χ0v) is 22.0. The van der Waals surface area contributed by atoms with Gasteiger partial charge in [0.15, 0.2) is 0 Å². The Morgan fingerprint density at radius 2 is 1.74 bits per heavy atom. The first kappa shape index (κ1) is 25.5. The standard InChI is InChI=1S/C31H23Cl2N3O2/c1-38-31(37)24-11-6-22(7-12-24)19-36-20-29(27-14-13-26(32)17-28(27)33)35-30(36)15-8-21-4-9-23(10-5-21)25-3-2-16-34-18-25/h2-18,20H,19H2,1H3/b15-8+. The first-order chi connectivity index (χ1) is 18.5. The van der Waals surface area contributed by atoms with E-state index in [4.69, 9.17) is 32.9 Å².